The molecule has 0 N–H and O–H groups in total. The third kappa shape index (κ3) is 5.04. The van der Waals surface area contributed by atoms with Crippen molar-refractivity contribution in [3.8, 4) is 5.69 Å². The van der Waals surface area contributed by atoms with E-state index in [0.29, 0.717) is 0 Å². The Morgan fingerprint density at radius 3 is 1.98 bits per heavy atom. The number of thiophene rings is 2. The molecule has 7 aromatic carbocycles. The minimum atomic E-state index is 0.104. The molecule has 1 aliphatic heterocycles. The molecule has 4 heteroatoms. The molecule has 4 heterocycles. The van der Waals surface area contributed by atoms with Crippen LogP contribution in [0.15, 0.2) is 151 Å². The van der Waals surface area contributed by atoms with Gasteiger partial charge in [0.15, 0.2) is 0 Å². The van der Waals surface area contributed by atoms with Crippen molar-refractivity contribution < 1.29 is 0 Å². The zero-order chi connectivity index (χ0) is 38.9. The Kier molecular flexibility index (Phi) is 7.29. The van der Waals surface area contributed by atoms with Crippen LogP contribution in [0.3, 0.4) is 0 Å². The minimum Gasteiger partial charge on any atom is -0.309 e. The lowest BCUT2D eigenvalue weighted by molar-refractivity contribution is 0.332. The van der Waals surface area contributed by atoms with Gasteiger partial charge in [0, 0.05) is 58.4 Å². The molecular formula is C54H42N2S2. The summed E-state index contributed by atoms with van der Waals surface area (Å²) in [5.74, 6) is 0. The van der Waals surface area contributed by atoms with E-state index in [-0.39, 0.29) is 10.8 Å². The average molecular weight is 783 g/mol. The fraction of sp³-hybridized carbons (Fsp3) is 0.167. The quantitative estimate of drug-likeness (QED) is 0.170. The Hall–Kier alpha value is -5.81. The molecule has 0 fully saturated rings. The fourth-order valence-corrected chi connectivity index (χ4v) is 12.3. The van der Waals surface area contributed by atoms with Gasteiger partial charge in [-0.2, -0.15) is 0 Å². The number of hydrogen-bond acceptors (Lipinski definition) is 3. The van der Waals surface area contributed by atoms with Crippen LogP contribution in [-0.4, -0.2) is 10.3 Å². The van der Waals surface area contributed by atoms with Crippen molar-refractivity contribution in [3.05, 3.63) is 173 Å². The van der Waals surface area contributed by atoms with E-state index >= 15 is 0 Å². The lowest BCUT2D eigenvalue weighted by Crippen LogP contribution is -2.33. The monoisotopic (exact) mass is 782 g/mol. The number of hydrogen-bond donors (Lipinski definition) is 0. The lowest BCUT2D eigenvalue weighted by atomic mass is 9.63. The minimum absolute atomic E-state index is 0.104. The van der Waals surface area contributed by atoms with Gasteiger partial charge in [-0.3, -0.25) is 0 Å². The Bertz CT molecular complexity index is 3430. The first-order valence-electron chi connectivity index (χ1n) is 20.5. The molecule has 0 amide bonds. The topological polar surface area (TPSA) is 17.3 Å². The lowest BCUT2D eigenvalue weighted by Gasteiger charge is -2.42. The third-order valence-electron chi connectivity index (χ3n) is 13.3. The fourth-order valence-electron chi connectivity index (χ4n) is 10.1. The molecule has 0 radical (unpaired) electrons. The molecule has 12 rings (SSSR count). The standard InChI is InChI=1S/C54H42N2S2/c1-53(2)25-26-54(3,4)43-31-47-40(30-42(43)53)37-15-7-10-18-45(37)56(47)46-29-34(27-32-13-5-6-14-35(32)46)44-23-22-36(51-39-17-9-12-20-49(39)58-52(51)55-44)33-21-24-50-41(28-33)38-16-8-11-19-48(38)57-50/h5-22,24,27-31H,23,25-26H2,1-4H3. The van der Waals surface area contributed by atoms with Crippen LogP contribution in [0.2, 0.25) is 0 Å². The van der Waals surface area contributed by atoms with Gasteiger partial charge in [0.25, 0.3) is 0 Å². The van der Waals surface area contributed by atoms with E-state index in [0.717, 1.165) is 17.1 Å². The summed E-state index contributed by atoms with van der Waals surface area (Å²) in [6.07, 6.45) is 5.56. The van der Waals surface area contributed by atoms with E-state index in [1.807, 2.05) is 22.7 Å². The summed E-state index contributed by atoms with van der Waals surface area (Å²) in [6.45, 7) is 9.73. The van der Waals surface area contributed by atoms with Crippen LogP contribution in [0.25, 0.3) is 74.1 Å². The van der Waals surface area contributed by atoms with Gasteiger partial charge in [-0.25, -0.2) is 4.99 Å². The Balaban J connectivity index is 1.09. The van der Waals surface area contributed by atoms with E-state index in [4.69, 9.17) is 4.99 Å². The van der Waals surface area contributed by atoms with Crippen molar-refractivity contribution in [2.45, 2.75) is 57.8 Å². The Morgan fingerprint density at radius 2 is 1.17 bits per heavy atom. The molecule has 0 saturated heterocycles. The van der Waals surface area contributed by atoms with Crippen molar-refractivity contribution in [1.82, 2.24) is 4.57 Å². The predicted octanol–water partition coefficient (Wildman–Crippen LogP) is 15.8. The van der Waals surface area contributed by atoms with Crippen LogP contribution >= 0.6 is 22.7 Å². The van der Waals surface area contributed by atoms with Gasteiger partial charge < -0.3 is 4.57 Å². The van der Waals surface area contributed by atoms with E-state index in [2.05, 4.69) is 178 Å². The number of allylic oxidation sites excluding steroid dienone is 1. The highest BCUT2D eigenvalue weighted by atomic mass is 32.1. The van der Waals surface area contributed by atoms with Crippen LogP contribution in [0.5, 0.6) is 0 Å². The highest BCUT2D eigenvalue weighted by Crippen LogP contribution is 2.50. The van der Waals surface area contributed by atoms with Gasteiger partial charge >= 0.3 is 0 Å². The number of aliphatic imine (C=N–C) groups is 1. The normalized spacial score (nSPS) is 16.2. The first-order valence-corrected chi connectivity index (χ1v) is 22.2. The summed E-state index contributed by atoms with van der Waals surface area (Å²) in [4.78, 5) is 5.65. The van der Waals surface area contributed by atoms with Crippen molar-refractivity contribution in [3.63, 3.8) is 0 Å². The maximum atomic E-state index is 5.65. The van der Waals surface area contributed by atoms with Crippen LogP contribution in [0, 0.1) is 0 Å². The van der Waals surface area contributed by atoms with E-state index in [1.54, 1.807) is 0 Å². The van der Waals surface area contributed by atoms with Gasteiger partial charge in [0.05, 0.1) is 22.4 Å². The average Bonchev–Trinajstić information content (AvgIpc) is 3.86. The maximum absolute atomic E-state index is 5.65. The third-order valence-corrected chi connectivity index (χ3v) is 15.5. The van der Waals surface area contributed by atoms with Gasteiger partial charge in [0.1, 0.15) is 5.00 Å². The van der Waals surface area contributed by atoms with Gasteiger partial charge in [-0.05, 0) is 111 Å². The number of fused-ring (bicyclic) bond motifs is 11. The maximum Gasteiger partial charge on any atom is 0.125 e. The highest BCUT2D eigenvalue weighted by molar-refractivity contribution is 7.25. The molecule has 0 spiro atoms. The number of benzene rings is 7. The molecule has 1 aliphatic carbocycles. The second-order valence-corrected chi connectivity index (χ2v) is 19.8. The van der Waals surface area contributed by atoms with Gasteiger partial charge in [-0.15, -0.1) is 22.7 Å². The van der Waals surface area contributed by atoms with Crippen LogP contribution in [-0.2, 0) is 10.8 Å². The first-order chi connectivity index (χ1) is 28.2. The van der Waals surface area contributed by atoms with Crippen molar-refractivity contribution in [2.24, 2.45) is 4.99 Å². The largest absolute Gasteiger partial charge is 0.309 e. The molecule has 58 heavy (non-hydrogen) atoms. The number of aromatic nitrogens is 1. The van der Waals surface area contributed by atoms with Crippen molar-refractivity contribution in [2.75, 3.05) is 0 Å². The second-order valence-electron chi connectivity index (χ2n) is 17.7. The zero-order valence-electron chi connectivity index (χ0n) is 33.2. The predicted molar refractivity (Wildman–Crippen MR) is 253 cm³/mol. The molecule has 0 saturated carbocycles. The summed E-state index contributed by atoms with van der Waals surface area (Å²) in [6, 6.07) is 52.5. The molecular weight excluding hydrogens is 741 g/mol. The molecule has 0 atom stereocenters. The Labute approximate surface area is 346 Å². The molecule has 10 aromatic rings. The van der Waals surface area contributed by atoms with Crippen molar-refractivity contribution in [1.29, 1.82) is 0 Å². The van der Waals surface area contributed by atoms with E-state index in [1.165, 1.54) is 115 Å². The van der Waals surface area contributed by atoms with E-state index < -0.39 is 0 Å². The summed E-state index contributed by atoms with van der Waals surface area (Å²) < 4.78 is 6.48. The number of rotatable bonds is 3. The summed E-state index contributed by atoms with van der Waals surface area (Å²) in [5.41, 5.74) is 13.0. The van der Waals surface area contributed by atoms with Crippen LogP contribution in [0.4, 0.5) is 5.00 Å². The molecule has 280 valence electrons. The summed E-state index contributed by atoms with van der Waals surface area (Å²) in [5, 5.41) is 10.1. The first kappa shape index (κ1) is 34.3. The summed E-state index contributed by atoms with van der Waals surface area (Å²) >= 11 is 3.68. The van der Waals surface area contributed by atoms with Gasteiger partial charge in [0.2, 0.25) is 0 Å². The molecule has 2 aliphatic rings. The van der Waals surface area contributed by atoms with Gasteiger partial charge in [-0.1, -0.05) is 119 Å². The number of para-hydroxylation sites is 1. The van der Waals surface area contributed by atoms with Crippen molar-refractivity contribution >= 4 is 102 Å². The Morgan fingerprint density at radius 1 is 0.517 bits per heavy atom. The molecule has 2 nitrogen and oxygen atoms in total. The molecule has 3 aromatic heterocycles. The number of nitrogens with zero attached hydrogens (tertiary/aromatic N) is 2. The van der Waals surface area contributed by atoms with E-state index in [9.17, 15) is 0 Å². The second kappa shape index (κ2) is 12.3. The zero-order valence-corrected chi connectivity index (χ0v) is 34.8. The molecule has 0 unspecified atom stereocenters. The van der Waals surface area contributed by atoms with Crippen LogP contribution in [0.1, 0.15) is 74.8 Å². The molecule has 0 bridgehead atoms. The van der Waals surface area contributed by atoms with Crippen LogP contribution < -0.4 is 0 Å². The summed E-state index contributed by atoms with van der Waals surface area (Å²) in [7, 11) is 0. The smallest absolute Gasteiger partial charge is 0.125 e. The SMILES string of the molecule is CC1(C)CCC(C)(C)c2cc3c(cc21)c1ccccc1n3-c1cc(C2=Nc3sc4ccccc4c3C(c3ccc4sc5ccccc5c4c3)=CC2)cc2ccccc12. The highest BCUT2D eigenvalue weighted by Gasteiger charge is 2.38.